The van der Waals surface area contributed by atoms with Crippen LogP contribution in [0.15, 0.2) is 54.2 Å². The van der Waals surface area contributed by atoms with Crippen LogP contribution in [-0.2, 0) is 11.2 Å². The first-order chi connectivity index (χ1) is 18.2. The molecule has 1 unspecified atom stereocenters. The first-order valence-corrected chi connectivity index (χ1v) is 12.7. The molecule has 0 saturated carbocycles. The molecule has 1 aliphatic rings. The number of allylic oxidation sites excluding steroid dienone is 1. The number of hydrogen-bond donors (Lipinski definition) is 3. The molecule has 0 bridgehead atoms. The minimum Gasteiger partial charge on any atom is -0.364 e. The van der Waals surface area contributed by atoms with E-state index in [1.165, 1.54) is 4.68 Å². The van der Waals surface area contributed by atoms with Gasteiger partial charge in [0, 0.05) is 29.9 Å². The van der Waals surface area contributed by atoms with Crippen LogP contribution in [0.25, 0.3) is 11.3 Å². The minimum atomic E-state index is -0.733. The molecular weight excluding hydrogens is 482 g/mol. The average molecular weight is 516 g/mol. The van der Waals surface area contributed by atoms with Gasteiger partial charge in [-0.3, -0.25) is 14.4 Å². The van der Waals surface area contributed by atoms with Crippen LogP contribution in [0.2, 0.25) is 0 Å². The topological polar surface area (TPSA) is 149 Å². The van der Waals surface area contributed by atoms with E-state index in [1.54, 1.807) is 41.4 Å². The normalized spacial score (nSPS) is 15.1. The van der Waals surface area contributed by atoms with Crippen LogP contribution in [0, 0.1) is 0 Å². The third kappa shape index (κ3) is 5.59. The van der Waals surface area contributed by atoms with E-state index in [4.69, 9.17) is 16.6 Å². The van der Waals surface area contributed by atoms with Gasteiger partial charge in [0.1, 0.15) is 11.5 Å². The van der Waals surface area contributed by atoms with E-state index in [0.29, 0.717) is 41.4 Å². The van der Waals surface area contributed by atoms with E-state index < -0.39 is 5.91 Å². The van der Waals surface area contributed by atoms with E-state index in [0.717, 1.165) is 30.4 Å². The standard InChI is InChI=1S/C28H33N7O3/c1-4-18-12-13-31-22(16-18)32-28(38)20-10-8-19(9-11-20)24-25(26(29)37)35(30)27(33-24)21-7-5-6-14-34(21)23(36)15-17(2)3/h8-13,15-16,21H,4-7,14,30H2,1-3H3,(H2,29,37)(H,31,32,38). The van der Waals surface area contributed by atoms with Crippen molar-refractivity contribution in [1.82, 2.24) is 19.5 Å². The average Bonchev–Trinajstić information content (AvgIpc) is 3.25. The van der Waals surface area contributed by atoms with Crippen molar-refractivity contribution in [3.05, 3.63) is 76.9 Å². The summed E-state index contributed by atoms with van der Waals surface area (Å²) >= 11 is 0. The Hall–Kier alpha value is -4.47. The van der Waals surface area contributed by atoms with Crippen LogP contribution >= 0.6 is 0 Å². The van der Waals surface area contributed by atoms with Crippen LogP contribution in [0.5, 0.6) is 0 Å². The zero-order valence-corrected chi connectivity index (χ0v) is 21.9. The van der Waals surface area contributed by atoms with Gasteiger partial charge < -0.3 is 21.8 Å². The number of amides is 3. The lowest BCUT2D eigenvalue weighted by molar-refractivity contribution is -0.130. The summed E-state index contributed by atoms with van der Waals surface area (Å²) in [5.41, 5.74) is 9.00. The summed E-state index contributed by atoms with van der Waals surface area (Å²) in [5, 5.41) is 2.80. The van der Waals surface area contributed by atoms with Crippen molar-refractivity contribution in [2.24, 2.45) is 5.73 Å². The van der Waals surface area contributed by atoms with Gasteiger partial charge in [-0.05, 0) is 69.4 Å². The Bertz CT molecular complexity index is 1390. The third-order valence-electron chi connectivity index (χ3n) is 6.56. The second-order valence-electron chi connectivity index (χ2n) is 9.60. The molecule has 2 aromatic heterocycles. The molecule has 1 atom stereocenters. The number of primary amides is 1. The Balaban J connectivity index is 1.64. The van der Waals surface area contributed by atoms with Gasteiger partial charge in [0.2, 0.25) is 5.91 Å². The SMILES string of the molecule is CCc1ccnc(NC(=O)c2ccc(-c3nc(C4CCCCN4C(=O)C=C(C)C)n(N)c3C(N)=O)cc2)c1. The fourth-order valence-corrected chi connectivity index (χ4v) is 4.65. The van der Waals surface area contributed by atoms with Gasteiger partial charge in [0.05, 0.1) is 6.04 Å². The van der Waals surface area contributed by atoms with Crippen LogP contribution < -0.4 is 16.9 Å². The van der Waals surface area contributed by atoms with Gasteiger partial charge in [-0.15, -0.1) is 0 Å². The molecule has 0 spiro atoms. The number of aromatic nitrogens is 3. The van der Waals surface area contributed by atoms with Crippen molar-refractivity contribution < 1.29 is 14.4 Å². The number of anilines is 1. The molecule has 10 heteroatoms. The molecule has 0 radical (unpaired) electrons. The number of carbonyl (C=O) groups excluding carboxylic acids is 3. The van der Waals surface area contributed by atoms with Crippen LogP contribution in [0.3, 0.4) is 0 Å². The highest BCUT2D eigenvalue weighted by Crippen LogP contribution is 2.34. The lowest BCUT2D eigenvalue weighted by atomic mass is 10.0. The van der Waals surface area contributed by atoms with Crippen molar-refractivity contribution in [3.8, 4) is 11.3 Å². The Labute approximate surface area is 221 Å². The largest absolute Gasteiger partial charge is 0.364 e. The van der Waals surface area contributed by atoms with E-state index in [-0.39, 0.29) is 23.6 Å². The van der Waals surface area contributed by atoms with Gasteiger partial charge >= 0.3 is 0 Å². The number of pyridine rings is 1. The summed E-state index contributed by atoms with van der Waals surface area (Å²) in [4.78, 5) is 48.7. The number of piperidine rings is 1. The molecule has 3 amide bonds. The number of nitrogens with zero attached hydrogens (tertiary/aromatic N) is 4. The molecule has 5 N–H and O–H groups in total. The number of aryl methyl sites for hydroxylation is 1. The third-order valence-corrected chi connectivity index (χ3v) is 6.56. The number of imidazole rings is 1. The first kappa shape index (κ1) is 26.6. The number of likely N-dealkylation sites (tertiary alicyclic amines) is 1. The fourth-order valence-electron chi connectivity index (χ4n) is 4.65. The predicted octanol–water partition coefficient (Wildman–Crippen LogP) is 3.59. The zero-order valence-electron chi connectivity index (χ0n) is 21.9. The number of nitrogens with two attached hydrogens (primary N) is 2. The molecule has 4 rings (SSSR count). The Morgan fingerprint density at radius 1 is 1.13 bits per heavy atom. The summed E-state index contributed by atoms with van der Waals surface area (Å²) in [6, 6.07) is 10.00. The maximum atomic E-state index is 12.9. The highest BCUT2D eigenvalue weighted by molar-refractivity contribution is 6.04. The maximum absolute atomic E-state index is 12.9. The second kappa shape index (κ2) is 11.3. The fraction of sp³-hybridized carbons (Fsp3) is 0.321. The summed E-state index contributed by atoms with van der Waals surface area (Å²) in [6.45, 7) is 6.33. The highest BCUT2D eigenvalue weighted by Gasteiger charge is 2.33. The second-order valence-corrected chi connectivity index (χ2v) is 9.60. The van der Waals surface area contributed by atoms with Gasteiger partial charge in [0.15, 0.2) is 11.5 Å². The molecule has 1 fully saturated rings. The predicted molar refractivity (Wildman–Crippen MR) is 146 cm³/mol. The van der Waals surface area contributed by atoms with E-state index >= 15 is 0 Å². The smallest absolute Gasteiger partial charge is 0.269 e. The van der Waals surface area contributed by atoms with Gasteiger partial charge in [-0.25, -0.2) is 14.6 Å². The van der Waals surface area contributed by atoms with Crippen molar-refractivity contribution in [1.29, 1.82) is 0 Å². The summed E-state index contributed by atoms with van der Waals surface area (Å²) in [6.07, 6.45) is 6.53. The number of rotatable bonds is 7. The van der Waals surface area contributed by atoms with E-state index in [9.17, 15) is 14.4 Å². The Morgan fingerprint density at radius 2 is 1.87 bits per heavy atom. The van der Waals surface area contributed by atoms with Gasteiger partial charge in [-0.1, -0.05) is 24.6 Å². The molecule has 1 saturated heterocycles. The van der Waals surface area contributed by atoms with E-state index in [1.807, 2.05) is 32.9 Å². The quantitative estimate of drug-likeness (QED) is 0.323. The molecule has 198 valence electrons. The van der Waals surface area contributed by atoms with Crippen molar-refractivity contribution >= 4 is 23.5 Å². The number of carbonyl (C=O) groups is 3. The Kier molecular flexibility index (Phi) is 7.90. The van der Waals surface area contributed by atoms with Crippen molar-refractivity contribution in [2.45, 2.75) is 52.5 Å². The lowest BCUT2D eigenvalue weighted by Crippen LogP contribution is -2.40. The molecule has 10 nitrogen and oxygen atoms in total. The molecule has 1 aliphatic heterocycles. The van der Waals surface area contributed by atoms with Gasteiger partial charge in [-0.2, -0.15) is 0 Å². The van der Waals surface area contributed by atoms with Crippen molar-refractivity contribution in [2.75, 3.05) is 17.7 Å². The highest BCUT2D eigenvalue weighted by atomic mass is 16.2. The molecule has 38 heavy (non-hydrogen) atoms. The molecular formula is C28H33N7O3. The van der Waals surface area contributed by atoms with Crippen molar-refractivity contribution in [3.63, 3.8) is 0 Å². The van der Waals surface area contributed by atoms with Crippen LogP contribution in [0.4, 0.5) is 5.82 Å². The zero-order chi connectivity index (χ0) is 27.4. The number of benzene rings is 1. The number of hydrogen-bond acceptors (Lipinski definition) is 6. The molecule has 3 aromatic rings. The number of nitrogen functional groups attached to an aromatic ring is 1. The molecule has 3 heterocycles. The summed E-state index contributed by atoms with van der Waals surface area (Å²) in [7, 11) is 0. The monoisotopic (exact) mass is 515 g/mol. The molecule has 0 aliphatic carbocycles. The maximum Gasteiger partial charge on any atom is 0.269 e. The minimum absolute atomic E-state index is 0.0398. The van der Waals surface area contributed by atoms with Crippen LogP contribution in [0.1, 0.15) is 78.3 Å². The lowest BCUT2D eigenvalue weighted by Gasteiger charge is -2.34. The summed E-state index contributed by atoms with van der Waals surface area (Å²) in [5.74, 6) is 6.06. The Morgan fingerprint density at radius 3 is 2.53 bits per heavy atom. The van der Waals surface area contributed by atoms with E-state index in [2.05, 4.69) is 10.3 Å². The van der Waals surface area contributed by atoms with Gasteiger partial charge in [0.25, 0.3) is 11.8 Å². The first-order valence-electron chi connectivity index (χ1n) is 12.7. The number of nitrogens with one attached hydrogen (secondary N) is 1. The summed E-state index contributed by atoms with van der Waals surface area (Å²) < 4.78 is 1.20. The van der Waals surface area contributed by atoms with Crippen LogP contribution in [-0.4, -0.2) is 43.8 Å². The molecule has 1 aromatic carbocycles.